The van der Waals surface area contributed by atoms with Crippen LogP contribution < -0.4 is 11.0 Å². The Balaban J connectivity index is 1.30. The number of carbonyl (C=O) groups is 2. The van der Waals surface area contributed by atoms with E-state index in [-0.39, 0.29) is 43.0 Å². The monoisotopic (exact) mass is 704 g/mol. The van der Waals surface area contributed by atoms with Crippen molar-refractivity contribution in [1.29, 1.82) is 0 Å². The normalized spacial score (nSPS) is 14.2. The lowest BCUT2D eigenvalue weighted by Gasteiger charge is -2.34. The summed E-state index contributed by atoms with van der Waals surface area (Å²) in [4.78, 5) is 52.6. The van der Waals surface area contributed by atoms with Gasteiger partial charge >= 0.3 is 5.69 Å². The fourth-order valence-electron chi connectivity index (χ4n) is 6.40. The number of nitrogens with zero attached hydrogens (tertiary/aromatic N) is 7. The maximum atomic E-state index is 14.3. The predicted molar refractivity (Wildman–Crippen MR) is 186 cm³/mol. The van der Waals surface area contributed by atoms with Crippen molar-refractivity contribution in [3.63, 3.8) is 0 Å². The summed E-state index contributed by atoms with van der Waals surface area (Å²) in [5.74, 6) is -0.591. The molecule has 0 saturated heterocycles. The van der Waals surface area contributed by atoms with E-state index in [9.17, 15) is 14.4 Å². The molecule has 242 valence electrons. The van der Waals surface area contributed by atoms with Gasteiger partial charge in [0, 0.05) is 52.9 Å². The number of benzene rings is 3. The quantitative estimate of drug-likeness (QED) is 0.234. The molecule has 0 aliphatic carbocycles. The van der Waals surface area contributed by atoms with Crippen molar-refractivity contribution in [2.45, 2.75) is 53.0 Å². The average Bonchev–Trinajstić information content (AvgIpc) is 3.65. The molecule has 4 heterocycles. The van der Waals surface area contributed by atoms with Gasteiger partial charge in [-0.05, 0) is 74.4 Å². The number of hydrogen-bond donors (Lipinski definition) is 1. The molecule has 0 spiro atoms. The van der Waals surface area contributed by atoms with E-state index >= 15 is 0 Å². The first kappa shape index (κ1) is 31.3. The number of nitrogens with one attached hydrogen (secondary N) is 1. The molecule has 1 N–H and O–H groups in total. The smallest absolute Gasteiger partial charge is 0.333 e. The molecule has 0 unspecified atom stereocenters. The largest absolute Gasteiger partial charge is 0.347 e. The third kappa shape index (κ3) is 5.51. The minimum Gasteiger partial charge on any atom is -0.347 e. The first-order valence-corrected chi connectivity index (χ1v) is 16.5. The van der Waals surface area contributed by atoms with Crippen molar-refractivity contribution in [3.05, 3.63) is 128 Å². The van der Waals surface area contributed by atoms with E-state index in [0.29, 0.717) is 23.5 Å². The number of aryl methyl sites for hydroxylation is 2. The summed E-state index contributed by atoms with van der Waals surface area (Å²) in [7, 11) is 0. The zero-order valence-electron chi connectivity index (χ0n) is 26.7. The minimum atomic E-state index is -0.427. The highest BCUT2D eigenvalue weighted by Gasteiger charge is 2.35. The van der Waals surface area contributed by atoms with Crippen LogP contribution in [-0.2, 0) is 26.2 Å². The predicted octanol–water partition coefficient (Wildman–Crippen LogP) is 5.51. The lowest BCUT2D eigenvalue weighted by molar-refractivity contribution is 0.0610. The average molecular weight is 706 g/mol. The number of aromatic nitrogens is 6. The number of hydrogen-bond acceptors (Lipinski definition) is 6. The third-order valence-corrected chi connectivity index (χ3v) is 9.81. The molecule has 0 bridgehead atoms. The van der Waals surface area contributed by atoms with Gasteiger partial charge in [-0.1, -0.05) is 40.2 Å². The zero-order chi connectivity index (χ0) is 33.5. The Morgan fingerprint density at radius 1 is 1.06 bits per heavy atom. The molecule has 1 atom stereocenters. The summed E-state index contributed by atoms with van der Waals surface area (Å²) < 4.78 is 5.89. The molecule has 12 heteroatoms. The van der Waals surface area contributed by atoms with Gasteiger partial charge in [0.2, 0.25) is 0 Å². The lowest BCUT2D eigenvalue weighted by atomic mass is 10.0. The molecule has 48 heavy (non-hydrogen) atoms. The first-order valence-electron chi connectivity index (χ1n) is 15.7. The van der Waals surface area contributed by atoms with Crippen LogP contribution in [0, 0.1) is 6.92 Å². The summed E-state index contributed by atoms with van der Waals surface area (Å²) in [5, 5.41) is 8.38. The van der Waals surface area contributed by atoms with Gasteiger partial charge < -0.3 is 10.2 Å². The highest BCUT2D eigenvalue weighted by Crippen LogP contribution is 2.28. The van der Waals surface area contributed by atoms with E-state index in [4.69, 9.17) is 0 Å². The number of carbonyl (C=O) groups excluding carboxylic acids is 2. The number of halogens is 1. The van der Waals surface area contributed by atoms with Crippen LogP contribution in [0.25, 0.3) is 27.8 Å². The van der Waals surface area contributed by atoms with Crippen molar-refractivity contribution >= 4 is 38.6 Å². The molecule has 1 aliphatic heterocycles. The Bertz CT molecular complexity index is 2260. The summed E-state index contributed by atoms with van der Waals surface area (Å²) in [6.07, 6.45) is 4.92. The van der Waals surface area contributed by atoms with E-state index in [2.05, 4.69) is 36.3 Å². The number of rotatable bonds is 7. The van der Waals surface area contributed by atoms with Gasteiger partial charge in [0.05, 0.1) is 35.3 Å². The van der Waals surface area contributed by atoms with Gasteiger partial charge in [-0.3, -0.25) is 23.4 Å². The minimum absolute atomic E-state index is 0.0909. The Hall–Kier alpha value is -5.36. The van der Waals surface area contributed by atoms with Gasteiger partial charge in [-0.2, -0.15) is 5.10 Å². The van der Waals surface area contributed by atoms with Crippen molar-refractivity contribution in [1.82, 2.24) is 39.1 Å². The van der Waals surface area contributed by atoms with Crippen LogP contribution in [0.3, 0.4) is 0 Å². The second-order valence-corrected chi connectivity index (χ2v) is 12.8. The molecule has 0 fully saturated rings. The molecule has 0 radical (unpaired) electrons. The van der Waals surface area contributed by atoms with Gasteiger partial charge in [0.25, 0.3) is 11.8 Å². The molecule has 3 aromatic heterocycles. The van der Waals surface area contributed by atoms with E-state index in [1.165, 1.54) is 10.9 Å². The Morgan fingerprint density at radius 3 is 2.67 bits per heavy atom. The third-order valence-electron chi connectivity index (χ3n) is 8.92. The van der Waals surface area contributed by atoms with Crippen molar-refractivity contribution < 1.29 is 9.59 Å². The van der Waals surface area contributed by atoms with Crippen molar-refractivity contribution in [3.8, 4) is 16.9 Å². The van der Waals surface area contributed by atoms with Crippen LogP contribution >= 0.6 is 15.9 Å². The van der Waals surface area contributed by atoms with Crippen molar-refractivity contribution in [2.24, 2.45) is 0 Å². The maximum absolute atomic E-state index is 14.3. The van der Waals surface area contributed by atoms with E-state index in [1.54, 1.807) is 27.9 Å². The number of imidazole rings is 1. The van der Waals surface area contributed by atoms with Gasteiger partial charge in [0.15, 0.2) is 0 Å². The molecule has 0 saturated carbocycles. The summed E-state index contributed by atoms with van der Waals surface area (Å²) in [5.41, 5.74) is 5.76. The molecule has 6 aromatic rings. The molecule has 2 amide bonds. The van der Waals surface area contributed by atoms with Crippen LogP contribution in [0.4, 0.5) is 0 Å². The molecular weight excluding hydrogens is 672 g/mol. The fourth-order valence-corrected chi connectivity index (χ4v) is 6.65. The first-order chi connectivity index (χ1) is 23.2. The summed E-state index contributed by atoms with van der Waals surface area (Å²) in [6, 6.07) is 20.3. The van der Waals surface area contributed by atoms with Crippen LogP contribution in [0.5, 0.6) is 0 Å². The summed E-state index contributed by atoms with van der Waals surface area (Å²) >= 11 is 3.51. The zero-order valence-corrected chi connectivity index (χ0v) is 28.3. The Labute approximate surface area is 285 Å². The van der Waals surface area contributed by atoms with E-state index in [1.807, 2.05) is 86.1 Å². The van der Waals surface area contributed by atoms with Gasteiger partial charge in [-0.25, -0.2) is 14.8 Å². The highest BCUT2D eigenvalue weighted by atomic mass is 79.9. The standard InChI is InChI=1S/C36H33BrN8O3/c1-4-44-31-12-10-27(16-26(31)18-41-44)45-33(34(46)39-17-25-7-5-6-8-28(25)30-13-14-38-21-40-30)32-20-42(23(3)19-43(32)36(45)48)35(47)24-9-11-29(37)22(2)15-24/h5-16,18,21,23H,4,17,19-20H2,1-3H3,(H,39,46)/t23-/m0/s1. The second-order valence-electron chi connectivity index (χ2n) is 11.9. The molecule has 1 aliphatic rings. The Kier molecular flexibility index (Phi) is 8.26. The fraction of sp³-hybridized carbons (Fsp3) is 0.222. The van der Waals surface area contributed by atoms with Crippen LogP contribution in [0.15, 0.2) is 94.7 Å². The molecular formula is C36H33BrN8O3. The van der Waals surface area contributed by atoms with Gasteiger partial charge in [-0.15, -0.1) is 0 Å². The van der Waals surface area contributed by atoms with Crippen LogP contribution in [0.1, 0.15) is 51.5 Å². The topological polar surface area (TPSA) is 120 Å². The molecule has 7 rings (SSSR count). The van der Waals surface area contributed by atoms with E-state index in [0.717, 1.165) is 37.8 Å². The van der Waals surface area contributed by atoms with Crippen molar-refractivity contribution in [2.75, 3.05) is 0 Å². The number of amides is 2. The van der Waals surface area contributed by atoms with Crippen LogP contribution in [0.2, 0.25) is 0 Å². The molecule has 3 aromatic carbocycles. The second kappa shape index (κ2) is 12.7. The molecule has 11 nitrogen and oxygen atoms in total. The number of fused-ring (bicyclic) bond motifs is 2. The van der Waals surface area contributed by atoms with Gasteiger partial charge in [0.1, 0.15) is 12.0 Å². The van der Waals surface area contributed by atoms with Crippen LogP contribution in [-0.4, -0.2) is 51.6 Å². The SMILES string of the molecule is CCn1ncc2cc(-n3c(C(=O)NCc4ccccc4-c4ccncn4)c4n(c3=O)C[C@H](C)N(C(=O)c3ccc(Br)c(C)c3)C4)ccc21. The highest BCUT2D eigenvalue weighted by molar-refractivity contribution is 9.10. The lowest BCUT2D eigenvalue weighted by Crippen LogP contribution is -2.47. The Morgan fingerprint density at radius 2 is 1.90 bits per heavy atom. The summed E-state index contributed by atoms with van der Waals surface area (Å²) in [6.45, 7) is 7.10. The maximum Gasteiger partial charge on any atom is 0.333 e. The van der Waals surface area contributed by atoms with E-state index < -0.39 is 5.91 Å².